The van der Waals surface area contributed by atoms with Gasteiger partial charge in [-0.25, -0.2) is 15.0 Å². The molecule has 4 aromatic heterocycles. The van der Waals surface area contributed by atoms with E-state index in [1.807, 2.05) is 35.4 Å². The maximum absolute atomic E-state index is 4.65. The van der Waals surface area contributed by atoms with E-state index in [1.165, 1.54) is 32.1 Å². The molecule has 0 saturated heterocycles. The molecule has 0 radical (unpaired) electrons. The lowest BCUT2D eigenvalue weighted by atomic mass is 9.96. The van der Waals surface area contributed by atoms with Crippen molar-refractivity contribution in [1.82, 2.24) is 29.3 Å². The van der Waals surface area contributed by atoms with Crippen LogP contribution in [-0.4, -0.2) is 35.4 Å². The second-order valence-electron chi connectivity index (χ2n) is 6.61. The molecule has 1 fully saturated rings. The highest BCUT2D eigenvalue weighted by Gasteiger charge is 2.15. The Morgan fingerprint density at radius 3 is 2.92 bits per heavy atom. The van der Waals surface area contributed by atoms with E-state index in [1.54, 1.807) is 6.20 Å². The highest BCUT2D eigenvalue weighted by molar-refractivity contribution is 5.93. The number of anilines is 1. The summed E-state index contributed by atoms with van der Waals surface area (Å²) in [6, 6.07) is 0.494. The lowest BCUT2D eigenvalue weighted by Gasteiger charge is -2.22. The highest BCUT2D eigenvalue weighted by Crippen LogP contribution is 2.28. The van der Waals surface area contributed by atoms with Crippen LogP contribution in [-0.2, 0) is 0 Å². The molecule has 7 heteroatoms. The number of H-pyrrole nitrogens is 1. The normalized spacial score (nSPS) is 15.8. The first-order chi connectivity index (χ1) is 12.4. The first kappa shape index (κ1) is 14.4. The summed E-state index contributed by atoms with van der Waals surface area (Å²) >= 11 is 0. The van der Waals surface area contributed by atoms with Crippen LogP contribution in [0.5, 0.6) is 0 Å². The lowest BCUT2D eigenvalue weighted by molar-refractivity contribution is 0.461. The minimum atomic E-state index is 0.494. The number of hydrogen-bond acceptors (Lipinski definition) is 5. The number of nitrogens with zero attached hydrogens (tertiary/aromatic N) is 5. The van der Waals surface area contributed by atoms with Crippen molar-refractivity contribution >= 4 is 22.8 Å². The standard InChI is InChI=1S/C18H19N7/c1-2-4-13(5-3-1)23-17-21-10-15-14(9-20-16(15)24-17)12-8-22-18-19-6-7-25(18)11-12/h6-11,13H,1-5H2,(H2,20,21,23,24). The van der Waals surface area contributed by atoms with E-state index in [0.717, 1.165) is 22.2 Å². The molecule has 0 aliphatic heterocycles. The molecule has 0 amide bonds. The van der Waals surface area contributed by atoms with Crippen molar-refractivity contribution < 1.29 is 0 Å². The molecular weight excluding hydrogens is 314 g/mol. The Morgan fingerprint density at radius 1 is 1.08 bits per heavy atom. The summed E-state index contributed by atoms with van der Waals surface area (Å²) in [6.45, 7) is 0. The summed E-state index contributed by atoms with van der Waals surface area (Å²) in [5.41, 5.74) is 2.89. The van der Waals surface area contributed by atoms with Crippen LogP contribution in [0.15, 0.2) is 37.2 Å². The predicted octanol–water partition coefficient (Wildman–Crippen LogP) is 3.41. The topological polar surface area (TPSA) is 83.8 Å². The fourth-order valence-corrected chi connectivity index (χ4v) is 3.60. The smallest absolute Gasteiger partial charge is 0.233 e. The van der Waals surface area contributed by atoms with E-state index >= 15 is 0 Å². The Morgan fingerprint density at radius 2 is 2.00 bits per heavy atom. The van der Waals surface area contributed by atoms with Gasteiger partial charge in [0, 0.05) is 59.7 Å². The van der Waals surface area contributed by atoms with E-state index in [2.05, 4.69) is 30.2 Å². The zero-order valence-corrected chi connectivity index (χ0v) is 13.8. The molecule has 0 aromatic carbocycles. The van der Waals surface area contributed by atoms with Crippen LogP contribution >= 0.6 is 0 Å². The number of nitrogens with one attached hydrogen (secondary N) is 2. The molecule has 5 rings (SSSR count). The van der Waals surface area contributed by atoms with Crippen LogP contribution in [0.3, 0.4) is 0 Å². The average Bonchev–Trinajstić information content (AvgIpc) is 3.28. The monoisotopic (exact) mass is 333 g/mol. The van der Waals surface area contributed by atoms with Crippen LogP contribution < -0.4 is 5.32 Å². The van der Waals surface area contributed by atoms with Gasteiger partial charge in [-0.05, 0) is 12.8 Å². The maximum atomic E-state index is 4.65. The molecule has 25 heavy (non-hydrogen) atoms. The summed E-state index contributed by atoms with van der Waals surface area (Å²) in [6.07, 6.45) is 17.7. The van der Waals surface area contributed by atoms with Crippen molar-refractivity contribution in [2.45, 2.75) is 38.1 Å². The number of fused-ring (bicyclic) bond motifs is 2. The summed E-state index contributed by atoms with van der Waals surface area (Å²) in [5.74, 6) is 1.40. The molecule has 0 bridgehead atoms. The summed E-state index contributed by atoms with van der Waals surface area (Å²) in [5, 5.41) is 4.47. The van der Waals surface area contributed by atoms with Crippen molar-refractivity contribution in [3.63, 3.8) is 0 Å². The average molecular weight is 333 g/mol. The van der Waals surface area contributed by atoms with Gasteiger partial charge in [-0.3, -0.25) is 4.40 Å². The van der Waals surface area contributed by atoms with Crippen LogP contribution in [0.4, 0.5) is 5.95 Å². The minimum absolute atomic E-state index is 0.494. The minimum Gasteiger partial charge on any atom is -0.351 e. The van der Waals surface area contributed by atoms with E-state index in [0.29, 0.717) is 17.8 Å². The quantitative estimate of drug-likeness (QED) is 0.600. The van der Waals surface area contributed by atoms with Gasteiger partial charge in [0.2, 0.25) is 11.7 Å². The van der Waals surface area contributed by atoms with Gasteiger partial charge in [-0.1, -0.05) is 19.3 Å². The first-order valence-electron chi connectivity index (χ1n) is 8.76. The zero-order chi connectivity index (χ0) is 16.6. The molecule has 1 aliphatic rings. The Labute approximate surface area is 144 Å². The van der Waals surface area contributed by atoms with Gasteiger partial charge in [-0.2, -0.15) is 4.98 Å². The van der Waals surface area contributed by atoms with Gasteiger partial charge in [0.05, 0.1) is 0 Å². The van der Waals surface area contributed by atoms with Crippen molar-refractivity contribution in [2.75, 3.05) is 5.32 Å². The molecule has 4 aromatic rings. The molecule has 4 heterocycles. The van der Waals surface area contributed by atoms with Gasteiger partial charge in [0.1, 0.15) is 5.65 Å². The molecule has 126 valence electrons. The molecule has 1 aliphatic carbocycles. The fourth-order valence-electron chi connectivity index (χ4n) is 3.60. The number of aromatic amines is 1. The summed E-state index contributed by atoms with van der Waals surface area (Å²) in [7, 11) is 0. The van der Waals surface area contributed by atoms with Crippen LogP contribution in [0.2, 0.25) is 0 Å². The number of hydrogen-bond donors (Lipinski definition) is 2. The van der Waals surface area contributed by atoms with Crippen molar-refractivity contribution in [2.24, 2.45) is 0 Å². The van der Waals surface area contributed by atoms with Gasteiger partial charge < -0.3 is 10.3 Å². The van der Waals surface area contributed by atoms with Crippen LogP contribution in [0.1, 0.15) is 32.1 Å². The van der Waals surface area contributed by atoms with Gasteiger partial charge in [0.25, 0.3) is 0 Å². The first-order valence-corrected chi connectivity index (χ1v) is 8.76. The van der Waals surface area contributed by atoms with Crippen molar-refractivity contribution in [3.05, 3.63) is 37.2 Å². The number of imidazole rings is 1. The maximum Gasteiger partial charge on any atom is 0.233 e. The lowest BCUT2D eigenvalue weighted by Crippen LogP contribution is -2.23. The van der Waals surface area contributed by atoms with Gasteiger partial charge in [0.15, 0.2) is 0 Å². The zero-order valence-electron chi connectivity index (χ0n) is 13.8. The second-order valence-corrected chi connectivity index (χ2v) is 6.61. The SMILES string of the molecule is c1cn2cc(-c3c[nH]c4nc(NC5CCCCC5)ncc34)cnc2n1. The predicted molar refractivity (Wildman–Crippen MR) is 96.4 cm³/mol. The Bertz CT molecular complexity index is 1030. The van der Waals surface area contributed by atoms with E-state index in [9.17, 15) is 0 Å². The van der Waals surface area contributed by atoms with Gasteiger partial charge in [-0.15, -0.1) is 0 Å². The van der Waals surface area contributed by atoms with Crippen molar-refractivity contribution in [3.8, 4) is 11.1 Å². The number of rotatable bonds is 3. The summed E-state index contributed by atoms with van der Waals surface area (Å²) in [4.78, 5) is 21.0. The van der Waals surface area contributed by atoms with E-state index in [-0.39, 0.29) is 0 Å². The molecule has 1 saturated carbocycles. The third kappa shape index (κ3) is 2.61. The van der Waals surface area contributed by atoms with Crippen LogP contribution in [0.25, 0.3) is 27.9 Å². The summed E-state index contributed by atoms with van der Waals surface area (Å²) < 4.78 is 1.91. The molecule has 0 unspecified atom stereocenters. The van der Waals surface area contributed by atoms with Crippen molar-refractivity contribution in [1.29, 1.82) is 0 Å². The highest BCUT2D eigenvalue weighted by atomic mass is 15.1. The molecular formula is C18H19N7. The Hall–Kier alpha value is -2.96. The van der Waals surface area contributed by atoms with Crippen LogP contribution in [0, 0.1) is 0 Å². The van der Waals surface area contributed by atoms with E-state index in [4.69, 9.17) is 0 Å². The fraction of sp³-hybridized carbons (Fsp3) is 0.333. The number of aromatic nitrogens is 6. The third-order valence-electron chi connectivity index (χ3n) is 4.93. The molecule has 0 spiro atoms. The Kier molecular flexibility index (Phi) is 3.36. The second kappa shape index (κ2) is 5.84. The largest absolute Gasteiger partial charge is 0.351 e. The third-order valence-corrected chi connectivity index (χ3v) is 4.93. The molecule has 7 nitrogen and oxygen atoms in total. The molecule has 2 N–H and O–H groups in total. The van der Waals surface area contributed by atoms with E-state index < -0.39 is 0 Å². The Balaban J connectivity index is 1.48. The molecule has 0 atom stereocenters. The van der Waals surface area contributed by atoms with Gasteiger partial charge >= 0.3 is 0 Å².